The Balaban J connectivity index is 1.56. The summed E-state index contributed by atoms with van der Waals surface area (Å²) in [4.78, 5) is 54.5. The summed E-state index contributed by atoms with van der Waals surface area (Å²) in [6.07, 6.45) is -4.80. The Morgan fingerprint density at radius 3 is 2.40 bits per heavy atom. The van der Waals surface area contributed by atoms with Crippen molar-refractivity contribution in [3.63, 3.8) is 0 Å². The van der Waals surface area contributed by atoms with Crippen molar-refractivity contribution in [3.8, 4) is 0 Å². The number of ether oxygens (including phenoxy) is 1. The van der Waals surface area contributed by atoms with Gasteiger partial charge in [0.25, 0.3) is 11.8 Å². The van der Waals surface area contributed by atoms with E-state index in [0.717, 1.165) is 4.90 Å². The van der Waals surface area contributed by atoms with Crippen molar-refractivity contribution >= 4 is 29.4 Å². The van der Waals surface area contributed by atoms with Crippen LogP contribution in [0.25, 0.3) is 0 Å². The van der Waals surface area contributed by atoms with Crippen LogP contribution in [-0.4, -0.2) is 65.5 Å². The maximum Gasteiger partial charge on any atom is 0.406 e. The van der Waals surface area contributed by atoms with Crippen LogP contribution in [0, 0.1) is 0 Å². The number of likely N-dealkylation sites (N-methyl/N-ethyl adjacent to an activating group) is 1. The molecule has 1 saturated heterocycles. The average molecular weight is 489 g/mol. The zero-order valence-corrected chi connectivity index (χ0v) is 18.7. The predicted octanol–water partition coefficient (Wildman–Crippen LogP) is 2.73. The molecule has 0 N–H and O–H groups in total. The minimum atomic E-state index is -4.67. The van der Waals surface area contributed by atoms with Gasteiger partial charge < -0.3 is 14.5 Å². The lowest BCUT2D eigenvalue weighted by Gasteiger charge is -2.46. The van der Waals surface area contributed by atoms with Gasteiger partial charge >= 0.3 is 12.1 Å². The van der Waals surface area contributed by atoms with Crippen LogP contribution in [0.3, 0.4) is 0 Å². The van der Waals surface area contributed by atoms with Crippen LogP contribution in [-0.2, 0) is 25.7 Å². The number of fused-ring (bicyclic) bond motifs is 3. The van der Waals surface area contributed by atoms with Gasteiger partial charge in [-0.25, -0.2) is 4.79 Å². The van der Waals surface area contributed by atoms with Crippen molar-refractivity contribution in [2.45, 2.75) is 31.2 Å². The second kappa shape index (κ2) is 9.05. The minimum absolute atomic E-state index is 0.0524. The lowest BCUT2D eigenvalue weighted by molar-refractivity contribution is -0.170. The number of para-hydroxylation sites is 1. The number of alkyl halides is 3. The molecule has 1 atom stereocenters. The molecule has 2 aliphatic rings. The molecular weight excluding hydrogens is 467 g/mol. The maximum atomic E-state index is 13.3. The first-order chi connectivity index (χ1) is 16.5. The first-order valence-corrected chi connectivity index (χ1v) is 10.8. The lowest BCUT2D eigenvalue weighted by atomic mass is 9.97. The largest absolute Gasteiger partial charge is 0.452 e. The SMILES string of the molecule is CN1C(=O)c2ccccc2N2C(=O)CCC12C(=O)OCC(=O)N(Cc1ccccc1)CC(F)(F)F. The van der Waals surface area contributed by atoms with E-state index < -0.39 is 48.7 Å². The highest BCUT2D eigenvalue weighted by atomic mass is 19.4. The molecule has 8 nitrogen and oxygen atoms in total. The van der Waals surface area contributed by atoms with Gasteiger partial charge in [0.2, 0.25) is 11.6 Å². The van der Waals surface area contributed by atoms with Gasteiger partial charge in [0.1, 0.15) is 6.54 Å². The molecule has 3 amide bonds. The lowest BCUT2D eigenvalue weighted by Crippen LogP contribution is -2.67. The summed E-state index contributed by atoms with van der Waals surface area (Å²) in [7, 11) is 1.35. The molecule has 0 saturated carbocycles. The van der Waals surface area contributed by atoms with Gasteiger partial charge in [0.05, 0.1) is 11.3 Å². The summed E-state index contributed by atoms with van der Waals surface area (Å²) in [6, 6.07) is 14.4. The highest BCUT2D eigenvalue weighted by molar-refractivity contribution is 6.15. The topological polar surface area (TPSA) is 87.2 Å². The van der Waals surface area contributed by atoms with Crippen molar-refractivity contribution in [2.24, 2.45) is 0 Å². The fraction of sp³-hybridized carbons (Fsp3) is 0.333. The van der Waals surface area contributed by atoms with Gasteiger partial charge in [-0.15, -0.1) is 0 Å². The van der Waals surface area contributed by atoms with Gasteiger partial charge in [-0.05, 0) is 17.7 Å². The molecule has 2 aliphatic heterocycles. The highest BCUT2D eigenvalue weighted by Gasteiger charge is 2.61. The molecule has 1 fully saturated rings. The highest BCUT2D eigenvalue weighted by Crippen LogP contribution is 2.44. The number of nitrogens with zero attached hydrogens (tertiary/aromatic N) is 3. The predicted molar refractivity (Wildman–Crippen MR) is 117 cm³/mol. The van der Waals surface area contributed by atoms with E-state index in [1.165, 1.54) is 24.1 Å². The third-order valence-corrected chi connectivity index (χ3v) is 6.13. The van der Waals surface area contributed by atoms with E-state index in [1.807, 2.05) is 0 Å². The Labute approximate surface area is 198 Å². The fourth-order valence-corrected chi connectivity index (χ4v) is 4.48. The summed E-state index contributed by atoms with van der Waals surface area (Å²) < 4.78 is 44.5. The quantitative estimate of drug-likeness (QED) is 0.583. The normalized spacial score (nSPS) is 19.3. The Morgan fingerprint density at radius 1 is 1.06 bits per heavy atom. The van der Waals surface area contributed by atoms with Crippen LogP contribution < -0.4 is 4.90 Å². The van der Waals surface area contributed by atoms with Crippen LogP contribution in [0.1, 0.15) is 28.8 Å². The number of anilines is 1. The Kier molecular flexibility index (Phi) is 6.27. The molecule has 2 aromatic carbocycles. The molecule has 35 heavy (non-hydrogen) atoms. The Bertz CT molecular complexity index is 1170. The second-order valence-electron chi connectivity index (χ2n) is 8.35. The number of halogens is 3. The number of rotatable bonds is 6. The molecule has 1 unspecified atom stereocenters. The Hall–Kier alpha value is -3.89. The van der Waals surface area contributed by atoms with Gasteiger partial charge in [0, 0.05) is 26.4 Å². The zero-order chi connectivity index (χ0) is 25.4. The third kappa shape index (κ3) is 4.45. The molecule has 0 aromatic heterocycles. The summed E-state index contributed by atoms with van der Waals surface area (Å²) in [6.45, 7) is -2.84. The van der Waals surface area contributed by atoms with Crippen LogP contribution in [0.5, 0.6) is 0 Å². The van der Waals surface area contributed by atoms with E-state index in [9.17, 15) is 32.3 Å². The minimum Gasteiger partial charge on any atom is -0.452 e. The summed E-state index contributed by atoms with van der Waals surface area (Å²) >= 11 is 0. The van der Waals surface area contributed by atoms with Crippen molar-refractivity contribution in [1.29, 1.82) is 0 Å². The molecule has 2 aromatic rings. The number of hydrogen-bond donors (Lipinski definition) is 0. The van der Waals surface area contributed by atoms with Crippen molar-refractivity contribution in [1.82, 2.24) is 9.80 Å². The molecule has 2 heterocycles. The van der Waals surface area contributed by atoms with Gasteiger partial charge in [-0.3, -0.25) is 19.3 Å². The van der Waals surface area contributed by atoms with Crippen LogP contribution in [0.2, 0.25) is 0 Å². The number of carbonyl (C=O) groups is 4. The van der Waals surface area contributed by atoms with Crippen molar-refractivity contribution < 1.29 is 37.1 Å². The summed E-state index contributed by atoms with van der Waals surface area (Å²) in [5.41, 5.74) is -0.887. The zero-order valence-electron chi connectivity index (χ0n) is 18.7. The first-order valence-electron chi connectivity index (χ1n) is 10.8. The van der Waals surface area contributed by atoms with E-state index in [0.29, 0.717) is 10.5 Å². The van der Waals surface area contributed by atoms with E-state index in [-0.39, 0.29) is 30.6 Å². The molecule has 0 spiro atoms. The molecule has 0 bridgehead atoms. The number of benzene rings is 2. The van der Waals surface area contributed by atoms with Crippen molar-refractivity contribution in [3.05, 3.63) is 65.7 Å². The van der Waals surface area contributed by atoms with Crippen molar-refractivity contribution in [2.75, 3.05) is 25.1 Å². The summed E-state index contributed by atoms with van der Waals surface area (Å²) in [5.74, 6) is -3.05. The van der Waals surface area contributed by atoms with E-state index in [4.69, 9.17) is 4.74 Å². The average Bonchev–Trinajstić information content (AvgIpc) is 3.18. The number of hydrogen-bond acceptors (Lipinski definition) is 5. The smallest absolute Gasteiger partial charge is 0.406 e. The molecule has 11 heteroatoms. The number of amides is 3. The fourth-order valence-electron chi connectivity index (χ4n) is 4.48. The van der Waals surface area contributed by atoms with Crippen LogP contribution >= 0.6 is 0 Å². The summed E-state index contributed by atoms with van der Waals surface area (Å²) in [5, 5.41) is 0. The van der Waals surface area contributed by atoms with Gasteiger partial charge in [-0.1, -0.05) is 42.5 Å². The van der Waals surface area contributed by atoms with Crippen LogP contribution in [0.15, 0.2) is 54.6 Å². The maximum absolute atomic E-state index is 13.3. The Morgan fingerprint density at radius 2 is 1.71 bits per heavy atom. The monoisotopic (exact) mass is 489 g/mol. The third-order valence-electron chi connectivity index (χ3n) is 6.13. The molecule has 0 radical (unpaired) electrons. The number of esters is 1. The van der Waals surface area contributed by atoms with Gasteiger partial charge in [-0.2, -0.15) is 13.2 Å². The molecular formula is C24H22F3N3O5. The van der Waals surface area contributed by atoms with Gasteiger partial charge in [0.15, 0.2) is 6.61 Å². The molecule has 0 aliphatic carbocycles. The molecule has 184 valence electrons. The number of carbonyl (C=O) groups excluding carboxylic acids is 4. The van der Waals surface area contributed by atoms with E-state index >= 15 is 0 Å². The molecule has 4 rings (SSSR count). The van der Waals surface area contributed by atoms with E-state index in [1.54, 1.807) is 42.5 Å². The van der Waals surface area contributed by atoms with E-state index in [2.05, 4.69) is 0 Å². The standard InChI is InChI=1S/C24H22F3N3O5/c1-28-21(33)17-9-5-6-10-18(17)30-19(31)11-12-23(28,30)22(34)35-14-20(32)29(15-24(25,26)27)13-16-7-3-2-4-8-16/h2-10H,11-15H2,1H3. The first kappa shape index (κ1) is 24.2. The van der Waals surface area contributed by atoms with Crippen LogP contribution in [0.4, 0.5) is 18.9 Å². The second-order valence-corrected chi connectivity index (χ2v) is 8.35.